The highest BCUT2D eigenvalue weighted by Crippen LogP contribution is 2.38. The number of rotatable bonds is 7. The Balaban J connectivity index is 1.64. The summed E-state index contributed by atoms with van der Waals surface area (Å²) in [5, 5.41) is 0.436. The van der Waals surface area contributed by atoms with Crippen LogP contribution in [0.15, 0.2) is 69.8 Å². The number of carbonyl (C=O) groups excluding carboxylic acids is 1. The lowest BCUT2D eigenvalue weighted by atomic mass is 10.1. The Labute approximate surface area is 222 Å². The van der Waals surface area contributed by atoms with Gasteiger partial charge in [-0.15, -0.1) is 0 Å². The summed E-state index contributed by atoms with van der Waals surface area (Å²) >= 11 is 11.9. The number of cyclic esters (lactones) is 1. The predicted octanol–water partition coefficient (Wildman–Crippen LogP) is 7.17. The van der Waals surface area contributed by atoms with Crippen molar-refractivity contribution in [3.05, 3.63) is 95.9 Å². The summed E-state index contributed by atoms with van der Waals surface area (Å²) in [6.07, 6.45) is 1.59. The zero-order valence-corrected chi connectivity index (χ0v) is 22.3. The second-order valence-corrected chi connectivity index (χ2v) is 9.61. The molecule has 0 bridgehead atoms. The number of carbonyl (C=O) groups is 1. The fourth-order valence-corrected chi connectivity index (χ4v) is 4.45. The van der Waals surface area contributed by atoms with E-state index >= 15 is 0 Å². The van der Waals surface area contributed by atoms with Crippen LogP contribution in [0.4, 0.5) is 4.39 Å². The van der Waals surface area contributed by atoms with E-state index in [1.54, 1.807) is 48.5 Å². The molecule has 0 aliphatic carbocycles. The number of aliphatic imine (C=N–C) groups is 1. The molecule has 0 N–H and O–H groups in total. The Kier molecular flexibility index (Phi) is 7.90. The van der Waals surface area contributed by atoms with Gasteiger partial charge in [0.05, 0.1) is 21.7 Å². The number of hydrogen-bond acceptors (Lipinski definition) is 5. The van der Waals surface area contributed by atoms with Gasteiger partial charge in [-0.1, -0.05) is 29.8 Å². The number of nitrogens with zero attached hydrogens (tertiary/aromatic N) is 1. The van der Waals surface area contributed by atoms with Crippen LogP contribution in [0.5, 0.6) is 11.5 Å². The number of ether oxygens (including phenoxy) is 3. The summed E-state index contributed by atoms with van der Waals surface area (Å²) in [5.41, 5.74) is 1.73. The molecule has 0 unspecified atom stereocenters. The van der Waals surface area contributed by atoms with Gasteiger partial charge in [0, 0.05) is 9.13 Å². The predicted molar refractivity (Wildman–Crippen MR) is 141 cm³/mol. The Morgan fingerprint density at radius 3 is 2.74 bits per heavy atom. The maximum atomic E-state index is 14.0. The minimum atomic E-state index is -0.584. The van der Waals surface area contributed by atoms with Crippen molar-refractivity contribution in [1.82, 2.24) is 0 Å². The van der Waals surface area contributed by atoms with Gasteiger partial charge in [-0.3, -0.25) is 0 Å². The van der Waals surface area contributed by atoms with Gasteiger partial charge in [0.15, 0.2) is 17.2 Å². The molecular weight excluding hydrogens is 640 g/mol. The summed E-state index contributed by atoms with van der Waals surface area (Å²) in [4.78, 5) is 16.8. The maximum absolute atomic E-state index is 14.0. The summed E-state index contributed by atoms with van der Waals surface area (Å²) in [6, 6.07) is 15.2. The highest BCUT2D eigenvalue weighted by atomic mass is 127. The Hall–Kier alpha value is -2.43. The van der Waals surface area contributed by atoms with E-state index < -0.39 is 5.97 Å². The molecule has 0 spiro atoms. The van der Waals surface area contributed by atoms with Gasteiger partial charge in [0.2, 0.25) is 5.90 Å². The van der Waals surface area contributed by atoms with E-state index in [1.807, 2.05) is 13.0 Å². The molecule has 34 heavy (non-hydrogen) atoms. The summed E-state index contributed by atoms with van der Waals surface area (Å²) in [5.74, 6) is 0.0829. The normalized spacial score (nSPS) is 14.2. The number of hydrogen-bond donors (Lipinski definition) is 0. The third-order valence-corrected chi connectivity index (χ3v) is 6.33. The van der Waals surface area contributed by atoms with Crippen LogP contribution in [0.25, 0.3) is 6.08 Å². The van der Waals surface area contributed by atoms with E-state index in [9.17, 15) is 9.18 Å². The molecule has 0 fully saturated rings. The second-order valence-electron chi connectivity index (χ2n) is 7.10. The summed E-state index contributed by atoms with van der Waals surface area (Å²) in [6.45, 7) is 2.26. The Bertz CT molecular complexity index is 1330. The first-order valence-electron chi connectivity index (χ1n) is 10.2. The molecule has 0 atom stereocenters. The molecule has 0 aromatic heterocycles. The molecule has 0 saturated carbocycles. The minimum Gasteiger partial charge on any atom is -0.490 e. The van der Waals surface area contributed by atoms with Crippen molar-refractivity contribution in [1.29, 1.82) is 0 Å². The molecule has 1 aliphatic rings. The molecule has 3 aromatic rings. The molecule has 174 valence electrons. The van der Waals surface area contributed by atoms with E-state index in [0.29, 0.717) is 44.3 Å². The SMILES string of the molecule is CCOc1cc(/C=C2\N=C(c3cc(I)ccc3Cl)OC2=O)cc(Br)c1OCc1ccccc1F. The molecule has 1 aliphatic heterocycles. The number of halogens is 4. The zero-order valence-electron chi connectivity index (χ0n) is 17.8. The van der Waals surface area contributed by atoms with Gasteiger partial charge in [0.25, 0.3) is 0 Å². The van der Waals surface area contributed by atoms with Crippen LogP contribution in [-0.2, 0) is 16.1 Å². The minimum absolute atomic E-state index is 0.0302. The molecule has 0 saturated heterocycles. The molecule has 1 heterocycles. The largest absolute Gasteiger partial charge is 0.490 e. The third-order valence-electron chi connectivity index (χ3n) is 4.74. The Morgan fingerprint density at radius 1 is 1.18 bits per heavy atom. The maximum Gasteiger partial charge on any atom is 0.363 e. The van der Waals surface area contributed by atoms with Crippen LogP contribution < -0.4 is 9.47 Å². The van der Waals surface area contributed by atoms with E-state index in [0.717, 1.165) is 3.57 Å². The lowest BCUT2D eigenvalue weighted by Gasteiger charge is -2.15. The third kappa shape index (κ3) is 5.61. The van der Waals surface area contributed by atoms with Crippen molar-refractivity contribution in [2.75, 3.05) is 6.61 Å². The van der Waals surface area contributed by atoms with Crippen molar-refractivity contribution < 1.29 is 23.4 Å². The number of esters is 1. The molecular formula is C25H17BrClFINO4. The summed E-state index contributed by atoms with van der Waals surface area (Å²) in [7, 11) is 0. The molecule has 0 radical (unpaired) electrons. The van der Waals surface area contributed by atoms with Crippen LogP contribution in [0.1, 0.15) is 23.6 Å². The van der Waals surface area contributed by atoms with Crippen LogP contribution in [-0.4, -0.2) is 18.5 Å². The number of benzene rings is 3. The fourth-order valence-electron chi connectivity index (χ4n) is 3.18. The molecule has 0 amide bonds. The van der Waals surface area contributed by atoms with Crippen LogP contribution >= 0.6 is 50.1 Å². The zero-order chi connectivity index (χ0) is 24.2. The molecule has 5 nitrogen and oxygen atoms in total. The summed E-state index contributed by atoms with van der Waals surface area (Å²) < 4.78 is 32.4. The average molecular weight is 657 g/mol. The highest BCUT2D eigenvalue weighted by Gasteiger charge is 2.26. The van der Waals surface area contributed by atoms with Crippen LogP contribution in [0.3, 0.4) is 0 Å². The van der Waals surface area contributed by atoms with Gasteiger partial charge in [-0.2, -0.15) is 0 Å². The quantitative estimate of drug-likeness (QED) is 0.154. The van der Waals surface area contributed by atoms with E-state index in [4.69, 9.17) is 25.8 Å². The second kappa shape index (κ2) is 10.9. The van der Waals surface area contributed by atoms with Gasteiger partial charge in [-0.05, 0) is 93.5 Å². The first kappa shape index (κ1) is 24.7. The van der Waals surface area contributed by atoms with Crippen molar-refractivity contribution in [2.24, 2.45) is 4.99 Å². The van der Waals surface area contributed by atoms with E-state index in [2.05, 4.69) is 43.5 Å². The van der Waals surface area contributed by atoms with Gasteiger partial charge in [-0.25, -0.2) is 14.2 Å². The molecule has 9 heteroatoms. The smallest absolute Gasteiger partial charge is 0.363 e. The standard InChI is InChI=1S/C25H17BrClFINO4/c1-2-32-22-11-14(9-18(26)23(22)33-13-15-5-3-4-6-20(15)28)10-21-25(31)34-24(30-21)17-12-16(29)7-8-19(17)27/h3-12H,2,13H2,1H3/b21-10-. The first-order valence-corrected chi connectivity index (χ1v) is 12.4. The highest BCUT2D eigenvalue weighted by molar-refractivity contribution is 14.1. The van der Waals surface area contributed by atoms with Gasteiger partial charge >= 0.3 is 5.97 Å². The van der Waals surface area contributed by atoms with Crippen molar-refractivity contribution in [3.8, 4) is 11.5 Å². The topological polar surface area (TPSA) is 57.1 Å². The van der Waals surface area contributed by atoms with E-state index in [-0.39, 0.29) is 24.0 Å². The Morgan fingerprint density at radius 2 is 1.97 bits per heavy atom. The van der Waals surface area contributed by atoms with Gasteiger partial charge in [0.1, 0.15) is 12.4 Å². The first-order chi connectivity index (χ1) is 16.4. The lowest BCUT2D eigenvalue weighted by Crippen LogP contribution is -2.06. The van der Waals surface area contributed by atoms with Gasteiger partial charge < -0.3 is 14.2 Å². The van der Waals surface area contributed by atoms with Crippen molar-refractivity contribution in [3.63, 3.8) is 0 Å². The van der Waals surface area contributed by atoms with Crippen LogP contribution in [0, 0.1) is 9.39 Å². The van der Waals surface area contributed by atoms with E-state index in [1.165, 1.54) is 6.07 Å². The molecule has 3 aromatic carbocycles. The average Bonchev–Trinajstić information content (AvgIpc) is 3.16. The van der Waals surface area contributed by atoms with Crippen LogP contribution in [0.2, 0.25) is 5.02 Å². The van der Waals surface area contributed by atoms with Crippen molar-refractivity contribution in [2.45, 2.75) is 13.5 Å². The molecule has 4 rings (SSSR count). The monoisotopic (exact) mass is 655 g/mol. The lowest BCUT2D eigenvalue weighted by molar-refractivity contribution is -0.129. The van der Waals surface area contributed by atoms with Crippen molar-refractivity contribution >= 4 is 68.1 Å². The fraction of sp³-hybridized carbons (Fsp3) is 0.120.